The third-order valence-electron chi connectivity index (χ3n) is 5.20. The van der Waals surface area contributed by atoms with Gasteiger partial charge in [0.25, 0.3) is 0 Å². The molecule has 1 aromatic heterocycles. The standard InChI is InChI=1S/C21H28N4O4S/c1-17-20(18(2)29-22-17)15-23(3)16-21(26)24-10-12-25(13-11-24)30(27,28)14-9-19-7-5-4-6-8-19/h4-9,14H,10-13,15-16H2,1-3H3/b14-9+. The molecule has 30 heavy (non-hydrogen) atoms. The smallest absolute Gasteiger partial charge is 0.236 e. The van der Waals surface area contributed by atoms with Crippen LogP contribution in [-0.4, -0.2) is 73.4 Å². The number of carbonyl (C=O) groups is 1. The van der Waals surface area contributed by atoms with Crippen molar-refractivity contribution in [1.82, 2.24) is 19.3 Å². The van der Waals surface area contributed by atoms with E-state index >= 15 is 0 Å². The summed E-state index contributed by atoms with van der Waals surface area (Å²) in [6.45, 7) is 5.93. The molecule has 0 atom stereocenters. The van der Waals surface area contributed by atoms with Crippen molar-refractivity contribution >= 4 is 22.0 Å². The zero-order valence-corrected chi connectivity index (χ0v) is 18.4. The monoisotopic (exact) mass is 432 g/mol. The summed E-state index contributed by atoms with van der Waals surface area (Å²) in [5.41, 5.74) is 2.65. The van der Waals surface area contributed by atoms with Crippen LogP contribution in [0.2, 0.25) is 0 Å². The molecule has 0 spiro atoms. The number of benzene rings is 1. The van der Waals surface area contributed by atoms with Crippen LogP contribution in [0.4, 0.5) is 0 Å². The molecule has 8 nitrogen and oxygen atoms in total. The molecule has 2 aromatic rings. The van der Waals surface area contributed by atoms with Crippen LogP contribution >= 0.6 is 0 Å². The van der Waals surface area contributed by atoms with Gasteiger partial charge < -0.3 is 9.42 Å². The molecule has 0 radical (unpaired) electrons. The first-order chi connectivity index (χ1) is 14.3. The predicted molar refractivity (Wildman–Crippen MR) is 115 cm³/mol. The quantitative estimate of drug-likeness (QED) is 0.664. The van der Waals surface area contributed by atoms with Crippen molar-refractivity contribution in [3.63, 3.8) is 0 Å². The van der Waals surface area contributed by atoms with E-state index in [4.69, 9.17) is 4.52 Å². The summed E-state index contributed by atoms with van der Waals surface area (Å²) >= 11 is 0. The molecule has 0 bridgehead atoms. The first-order valence-electron chi connectivity index (χ1n) is 9.87. The molecule has 0 aliphatic carbocycles. The highest BCUT2D eigenvalue weighted by Crippen LogP contribution is 2.15. The molecular weight excluding hydrogens is 404 g/mol. The van der Waals surface area contributed by atoms with Gasteiger partial charge in [-0.05, 0) is 32.5 Å². The Morgan fingerprint density at radius 2 is 1.83 bits per heavy atom. The number of likely N-dealkylation sites (N-methyl/N-ethyl adjacent to an activating group) is 1. The van der Waals surface area contributed by atoms with Crippen LogP contribution in [0.3, 0.4) is 0 Å². The number of hydrogen-bond acceptors (Lipinski definition) is 6. The maximum atomic E-state index is 12.6. The molecule has 1 fully saturated rings. The fraction of sp³-hybridized carbons (Fsp3) is 0.429. The molecule has 0 N–H and O–H groups in total. The van der Waals surface area contributed by atoms with Crippen LogP contribution in [0, 0.1) is 13.8 Å². The third kappa shape index (κ3) is 5.56. The number of rotatable bonds is 7. The highest BCUT2D eigenvalue weighted by atomic mass is 32.2. The number of nitrogens with zero attached hydrogens (tertiary/aromatic N) is 4. The molecule has 1 aromatic carbocycles. The second-order valence-corrected chi connectivity index (χ2v) is 9.33. The summed E-state index contributed by atoms with van der Waals surface area (Å²) in [5.74, 6) is 0.746. The summed E-state index contributed by atoms with van der Waals surface area (Å²) in [6.07, 6.45) is 1.59. The van der Waals surface area contributed by atoms with Gasteiger partial charge in [0.15, 0.2) is 0 Å². The van der Waals surface area contributed by atoms with Crippen molar-refractivity contribution in [2.75, 3.05) is 39.8 Å². The second-order valence-electron chi connectivity index (χ2n) is 7.51. The van der Waals surface area contributed by atoms with E-state index in [1.165, 1.54) is 9.71 Å². The van der Waals surface area contributed by atoms with Gasteiger partial charge in [0, 0.05) is 43.7 Å². The Hall–Kier alpha value is -2.49. The van der Waals surface area contributed by atoms with Crippen molar-refractivity contribution in [3.05, 3.63) is 58.3 Å². The Kier molecular flexibility index (Phi) is 7.06. The van der Waals surface area contributed by atoms with Crippen molar-refractivity contribution in [3.8, 4) is 0 Å². The highest BCUT2D eigenvalue weighted by Gasteiger charge is 2.27. The Balaban J connectivity index is 1.50. The largest absolute Gasteiger partial charge is 0.361 e. The van der Waals surface area contributed by atoms with Gasteiger partial charge in [-0.1, -0.05) is 35.5 Å². The van der Waals surface area contributed by atoms with Crippen LogP contribution in [0.25, 0.3) is 6.08 Å². The molecule has 1 aliphatic heterocycles. The van der Waals surface area contributed by atoms with Crippen LogP contribution in [0.15, 0.2) is 40.3 Å². The number of aromatic nitrogens is 1. The molecule has 1 aliphatic rings. The SMILES string of the molecule is Cc1noc(C)c1CN(C)CC(=O)N1CCN(S(=O)(=O)/C=C/c2ccccc2)CC1. The first kappa shape index (κ1) is 22.2. The van der Waals surface area contributed by atoms with Gasteiger partial charge in [-0.3, -0.25) is 9.69 Å². The zero-order chi connectivity index (χ0) is 21.7. The normalized spacial score (nSPS) is 15.9. The van der Waals surface area contributed by atoms with Crippen molar-refractivity contribution in [1.29, 1.82) is 0 Å². The lowest BCUT2D eigenvalue weighted by Crippen LogP contribution is -2.51. The van der Waals surface area contributed by atoms with Gasteiger partial charge in [-0.2, -0.15) is 4.31 Å². The Morgan fingerprint density at radius 3 is 2.43 bits per heavy atom. The number of piperazine rings is 1. The van der Waals surface area contributed by atoms with Gasteiger partial charge in [0.1, 0.15) is 5.76 Å². The molecule has 0 saturated carbocycles. The molecule has 3 rings (SSSR count). The zero-order valence-electron chi connectivity index (χ0n) is 17.6. The van der Waals surface area contributed by atoms with Crippen LogP contribution in [-0.2, 0) is 21.4 Å². The average molecular weight is 433 g/mol. The van der Waals surface area contributed by atoms with E-state index in [0.717, 1.165) is 22.6 Å². The number of sulfonamides is 1. The highest BCUT2D eigenvalue weighted by molar-refractivity contribution is 7.92. The maximum Gasteiger partial charge on any atom is 0.236 e. The van der Waals surface area contributed by atoms with Gasteiger partial charge in [0.05, 0.1) is 12.2 Å². The summed E-state index contributed by atoms with van der Waals surface area (Å²) in [4.78, 5) is 16.3. The van der Waals surface area contributed by atoms with Crippen LogP contribution < -0.4 is 0 Å². The van der Waals surface area contributed by atoms with Crippen molar-refractivity contribution in [2.24, 2.45) is 0 Å². The third-order valence-corrected chi connectivity index (χ3v) is 6.76. The minimum absolute atomic E-state index is 0.0128. The number of amides is 1. The number of carbonyl (C=O) groups excluding carboxylic acids is 1. The predicted octanol–water partition coefficient (Wildman–Crippen LogP) is 1.87. The van der Waals surface area contributed by atoms with Gasteiger partial charge >= 0.3 is 0 Å². The van der Waals surface area contributed by atoms with Gasteiger partial charge in [-0.25, -0.2) is 8.42 Å². The molecule has 1 amide bonds. The second kappa shape index (κ2) is 9.55. The van der Waals surface area contributed by atoms with E-state index in [2.05, 4.69) is 5.16 Å². The van der Waals surface area contributed by atoms with Gasteiger partial charge in [-0.15, -0.1) is 0 Å². The molecule has 1 saturated heterocycles. The van der Waals surface area contributed by atoms with Crippen LogP contribution in [0.5, 0.6) is 0 Å². The average Bonchev–Trinajstić information content (AvgIpc) is 3.05. The fourth-order valence-corrected chi connectivity index (χ4v) is 4.56. The summed E-state index contributed by atoms with van der Waals surface area (Å²) < 4.78 is 31.7. The molecule has 162 valence electrons. The van der Waals surface area contributed by atoms with E-state index in [9.17, 15) is 13.2 Å². The van der Waals surface area contributed by atoms with Crippen molar-refractivity contribution in [2.45, 2.75) is 20.4 Å². The molecule has 9 heteroatoms. The molecular formula is C21H28N4O4S. The minimum atomic E-state index is -3.51. The van der Waals surface area contributed by atoms with Gasteiger partial charge in [0.2, 0.25) is 15.9 Å². The Bertz CT molecular complexity index is 974. The van der Waals surface area contributed by atoms with E-state index in [-0.39, 0.29) is 12.5 Å². The lowest BCUT2D eigenvalue weighted by atomic mass is 10.2. The number of hydrogen-bond donors (Lipinski definition) is 0. The van der Waals surface area contributed by atoms with Crippen molar-refractivity contribution < 1.29 is 17.7 Å². The van der Waals surface area contributed by atoms with E-state index in [1.807, 2.05) is 56.1 Å². The van der Waals surface area contributed by atoms with Crippen LogP contribution in [0.1, 0.15) is 22.6 Å². The van der Waals surface area contributed by atoms with E-state index in [1.54, 1.807) is 11.0 Å². The first-order valence-corrected chi connectivity index (χ1v) is 11.4. The summed E-state index contributed by atoms with van der Waals surface area (Å²) in [5, 5.41) is 5.17. The molecule has 0 unspecified atom stereocenters. The summed E-state index contributed by atoms with van der Waals surface area (Å²) in [7, 11) is -1.64. The Morgan fingerprint density at radius 1 is 1.17 bits per heavy atom. The number of aryl methyl sites for hydroxylation is 2. The maximum absolute atomic E-state index is 12.6. The fourth-order valence-electron chi connectivity index (χ4n) is 3.39. The lowest BCUT2D eigenvalue weighted by Gasteiger charge is -2.34. The lowest BCUT2D eigenvalue weighted by molar-refractivity contribution is -0.133. The van der Waals surface area contributed by atoms with E-state index in [0.29, 0.717) is 32.7 Å². The Labute approximate surface area is 177 Å². The topological polar surface area (TPSA) is 87.0 Å². The minimum Gasteiger partial charge on any atom is -0.361 e. The van der Waals surface area contributed by atoms with E-state index < -0.39 is 10.0 Å². The summed E-state index contributed by atoms with van der Waals surface area (Å²) in [6, 6.07) is 9.30. The molecule has 2 heterocycles.